The fraction of sp³-hybridized carbons (Fsp3) is 0.875. The lowest BCUT2D eigenvalue weighted by molar-refractivity contribution is -0.158. The minimum Gasteiger partial charge on any atom is -0.392 e. The molecule has 1 aliphatic heterocycles. The molecule has 0 unspecified atom stereocenters. The topological polar surface area (TPSA) is 66.4 Å². The van der Waals surface area contributed by atoms with E-state index in [1.165, 1.54) is 64.2 Å². The van der Waals surface area contributed by atoms with E-state index in [2.05, 4.69) is 25.0 Å². The predicted octanol–water partition coefficient (Wildman–Crippen LogP) is 7.32. The largest absolute Gasteiger partial charge is 0.392 e. The smallest absolute Gasteiger partial charge is 0.146 e. The van der Waals surface area contributed by atoms with Crippen LogP contribution in [0.3, 0.4) is 0 Å². The Bertz CT molecular complexity index is 589. The van der Waals surface area contributed by atoms with Crippen LogP contribution in [0, 0.1) is 12.3 Å². The average molecular weight is 539 g/mol. The van der Waals surface area contributed by atoms with Crippen molar-refractivity contribution < 1.29 is 28.8 Å². The van der Waals surface area contributed by atoms with Gasteiger partial charge in [-0.1, -0.05) is 83.3 Å². The lowest BCUT2D eigenvalue weighted by Gasteiger charge is -2.27. The summed E-state index contributed by atoms with van der Waals surface area (Å²) >= 11 is 0. The molecule has 5 atom stereocenters. The van der Waals surface area contributed by atoms with Crippen molar-refractivity contribution in [3.05, 3.63) is 12.2 Å². The second kappa shape index (κ2) is 25.1. The van der Waals surface area contributed by atoms with Gasteiger partial charge in [-0.05, 0) is 44.9 Å². The van der Waals surface area contributed by atoms with E-state index in [1.54, 1.807) is 14.2 Å². The highest BCUT2D eigenvalue weighted by atomic mass is 16.7. The molecule has 6 nitrogen and oxygen atoms in total. The van der Waals surface area contributed by atoms with Crippen LogP contribution in [-0.2, 0) is 23.7 Å². The molecule has 6 heteroatoms. The minimum atomic E-state index is -0.417. The summed E-state index contributed by atoms with van der Waals surface area (Å²) in [6.07, 6.45) is 29.2. The van der Waals surface area contributed by atoms with Crippen molar-refractivity contribution in [2.75, 3.05) is 27.8 Å². The third-order valence-electron chi connectivity index (χ3n) is 7.36. The number of terminal acetylenes is 1. The second-order valence-corrected chi connectivity index (χ2v) is 10.7. The molecule has 0 saturated carbocycles. The van der Waals surface area contributed by atoms with Crippen molar-refractivity contribution in [2.24, 2.45) is 0 Å². The zero-order valence-electron chi connectivity index (χ0n) is 24.7. The van der Waals surface area contributed by atoms with Crippen molar-refractivity contribution in [1.82, 2.24) is 0 Å². The molecule has 0 spiro atoms. The third kappa shape index (κ3) is 17.6. The zero-order valence-corrected chi connectivity index (χ0v) is 24.7. The molecule has 222 valence electrons. The summed E-state index contributed by atoms with van der Waals surface area (Å²) in [7, 11) is 3.33. The van der Waals surface area contributed by atoms with Gasteiger partial charge in [0.1, 0.15) is 13.6 Å². The molecule has 1 rings (SSSR count). The van der Waals surface area contributed by atoms with Gasteiger partial charge >= 0.3 is 0 Å². The monoisotopic (exact) mass is 538 g/mol. The van der Waals surface area contributed by atoms with Gasteiger partial charge in [-0.25, -0.2) is 0 Å². The highest BCUT2D eigenvalue weighted by Crippen LogP contribution is 2.31. The number of ether oxygens (including phenoxy) is 5. The standard InChI is InChI=1S/C32H58O6/c1-5-7-8-9-10-11-12-13-14-18-22-29(36-26-34-3)31-24-25-32(38-31)30(37-27-35-4)23-19-16-15-17-21-28(33)20-6-2/h2,15-16,28-33H,5,7-14,17-27H2,1,3-4H3/b16-15+/t28-,29+,30+,31+,32+/m0/s1. The maximum atomic E-state index is 9.75. The van der Waals surface area contributed by atoms with Gasteiger partial charge in [-0.3, -0.25) is 0 Å². The van der Waals surface area contributed by atoms with Crippen LogP contribution in [0.4, 0.5) is 0 Å². The SMILES string of the molecule is C#CC[C@H](O)CC/C=C/CC[C@@H](OCOC)[C@H]1CC[C@H]([C@@H](CCCCCCCCCCCC)OCOC)O1. The zero-order chi connectivity index (χ0) is 27.7. The molecular weight excluding hydrogens is 480 g/mol. The van der Waals surface area contributed by atoms with Crippen molar-refractivity contribution in [2.45, 2.75) is 153 Å². The normalized spacial score (nSPS) is 20.1. The van der Waals surface area contributed by atoms with Gasteiger partial charge in [0.25, 0.3) is 0 Å². The second-order valence-electron chi connectivity index (χ2n) is 10.7. The Morgan fingerprint density at radius 2 is 1.29 bits per heavy atom. The van der Waals surface area contributed by atoms with Crippen LogP contribution in [-0.4, -0.2) is 63.4 Å². The van der Waals surface area contributed by atoms with Crippen LogP contribution in [0.5, 0.6) is 0 Å². The average Bonchev–Trinajstić information content (AvgIpc) is 3.40. The molecule has 0 radical (unpaired) electrons. The van der Waals surface area contributed by atoms with Crippen molar-refractivity contribution in [1.29, 1.82) is 0 Å². The van der Waals surface area contributed by atoms with Crippen molar-refractivity contribution in [3.63, 3.8) is 0 Å². The highest BCUT2D eigenvalue weighted by Gasteiger charge is 2.36. The van der Waals surface area contributed by atoms with Crippen LogP contribution >= 0.6 is 0 Å². The van der Waals surface area contributed by atoms with Crippen LogP contribution in [0.15, 0.2) is 12.2 Å². The number of allylic oxidation sites excluding steroid dienone is 2. The van der Waals surface area contributed by atoms with Gasteiger partial charge in [-0.2, -0.15) is 0 Å². The summed E-state index contributed by atoms with van der Waals surface area (Å²) in [4.78, 5) is 0. The number of aliphatic hydroxyl groups excluding tert-OH is 1. The quantitative estimate of drug-likeness (QED) is 0.0538. The molecule has 0 aromatic heterocycles. The first-order chi connectivity index (χ1) is 18.7. The van der Waals surface area contributed by atoms with E-state index in [1.807, 2.05) is 0 Å². The van der Waals surface area contributed by atoms with Gasteiger partial charge in [0.2, 0.25) is 0 Å². The van der Waals surface area contributed by atoms with E-state index in [-0.39, 0.29) is 31.2 Å². The Labute approximate surface area is 234 Å². The minimum absolute atomic E-state index is 0.0166. The lowest BCUT2D eigenvalue weighted by Crippen LogP contribution is -2.34. The maximum Gasteiger partial charge on any atom is 0.146 e. The number of hydrogen-bond acceptors (Lipinski definition) is 6. The molecule has 1 fully saturated rings. The van der Waals surface area contributed by atoms with E-state index >= 15 is 0 Å². The molecule has 1 N–H and O–H groups in total. The van der Waals surface area contributed by atoms with E-state index in [4.69, 9.17) is 30.1 Å². The molecule has 1 aliphatic rings. The molecule has 0 aromatic rings. The molecule has 1 saturated heterocycles. The summed E-state index contributed by atoms with van der Waals surface area (Å²) < 4.78 is 29.0. The maximum absolute atomic E-state index is 9.75. The first kappa shape index (κ1) is 35.1. The van der Waals surface area contributed by atoms with Crippen LogP contribution < -0.4 is 0 Å². The van der Waals surface area contributed by atoms with Gasteiger partial charge in [0.05, 0.1) is 30.5 Å². The molecule has 0 amide bonds. The Kier molecular flexibility index (Phi) is 23.1. The lowest BCUT2D eigenvalue weighted by atomic mass is 10.0. The summed E-state index contributed by atoms with van der Waals surface area (Å²) in [6.45, 7) is 2.84. The Hall–Kier alpha value is -0.940. The van der Waals surface area contributed by atoms with Gasteiger partial charge < -0.3 is 28.8 Å². The first-order valence-electron chi connectivity index (χ1n) is 15.3. The van der Waals surface area contributed by atoms with Crippen molar-refractivity contribution >= 4 is 0 Å². The van der Waals surface area contributed by atoms with E-state index in [9.17, 15) is 5.11 Å². The predicted molar refractivity (Wildman–Crippen MR) is 155 cm³/mol. The van der Waals surface area contributed by atoms with Gasteiger partial charge in [0.15, 0.2) is 0 Å². The third-order valence-corrected chi connectivity index (χ3v) is 7.36. The fourth-order valence-corrected chi connectivity index (χ4v) is 5.16. The van der Waals surface area contributed by atoms with Crippen LogP contribution in [0.2, 0.25) is 0 Å². The fourth-order valence-electron chi connectivity index (χ4n) is 5.16. The molecule has 1 heterocycles. The molecule has 0 aliphatic carbocycles. The Morgan fingerprint density at radius 1 is 0.789 bits per heavy atom. The molecular formula is C32H58O6. The Balaban J connectivity index is 2.40. The first-order valence-corrected chi connectivity index (χ1v) is 15.3. The molecule has 38 heavy (non-hydrogen) atoms. The summed E-state index contributed by atoms with van der Waals surface area (Å²) in [5, 5.41) is 9.75. The number of hydrogen-bond donors (Lipinski definition) is 1. The summed E-state index contributed by atoms with van der Waals surface area (Å²) in [5.41, 5.74) is 0. The van der Waals surface area contributed by atoms with E-state index in [0.717, 1.165) is 38.5 Å². The number of methoxy groups -OCH3 is 2. The van der Waals surface area contributed by atoms with Crippen LogP contribution in [0.25, 0.3) is 0 Å². The van der Waals surface area contributed by atoms with Gasteiger partial charge in [0, 0.05) is 20.6 Å². The number of rotatable bonds is 26. The number of aliphatic hydroxyl groups is 1. The van der Waals surface area contributed by atoms with Crippen LogP contribution in [0.1, 0.15) is 122 Å². The summed E-state index contributed by atoms with van der Waals surface area (Å²) in [6, 6.07) is 0. The van der Waals surface area contributed by atoms with E-state index < -0.39 is 6.10 Å². The van der Waals surface area contributed by atoms with E-state index in [0.29, 0.717) is 19.6 Å². The molecule has 0 aromatic carbocycles. The molecule has 0 bridgehead atoms. The van der Waals surface area contributed by atoms with Gasteiger partial charge in [-0.15, -0.1) is 12.3 Å². The highest BCUT2D eigenvalue weighted by molar-refractivity contribution is 4.90. The summed E-state index contributed by atoms with van der Waals surface area (Å²) in [5.74, 6) is 2.50. The van der Waals surface area contributed by atoms with Crippen molar-refractivity contribution in [3.8, 4) is 12.3 Å². The Morgan fingerprint density at radius 3 is 1.82 bits per heavy atom. The number of unbranched alkanes of at least 4 members (excludes halogenated alkanes) is 9.